The van der Waals surface area contributed by atoms with Crippen LogP contribution in [-0.4, -0.2) is 8.07 Å². The van der Waals surface area contributed by atoms with E-state index < -0.39 is 36.5 Å². The fourth-order valence-corrected chi connectivity index (χ4v) is 2.72. The molecule has 0 aliphatic heterocycles. The van der Waals surface area contributed by atoms with Crippen molar-refractivity contribution in [1.82, 2.24) is 0 Å². The largest absolute Gasteiger partial charge is 0.204 e. The highest BCUT2D eigenvalue weighted by Crippen LogP contribution is 2.15. The van der Waals surface area contributed by atoms with E-state index in [1.165, 1.54) is 6.07 Å². The zero-order chi connectivity index (χ0) is 11.1. The first-order chi connectivity index (χ1) is 6.25. The summed E-state index contributed by atoms with van der Waals surface area (Å²) in [4.78, 5) is 0. The predicted molar refractivity (Wildman–Crippen MR) is 48.1 cm³/mol. The number of benzene rings is 1. The molecule has 0 saturated heterocycles. The molecule has 0 amide bonds. The minimum Gasteiger partial charge on any atom is -0.204 e. The molecular formula is C9H9F4Si. The van der Waals surface area contributed by atoms with Crippen LogP contribution < -0.4 is 5.19 Å². The Labute approximate surface area is 80.6 Å². The van der Waals surface area contributed by atoms with Gasteiger partial charge in [-0.25, -0.2) is 17.6 Å². The normalized spacial score (nSPS) is 11.9. The van der Waals surface area contributed by atoms with Gasteiger partial charge in [0, 0.05) is 5.19 Å². The van der Waals surface area contributed by atoms with E-state index in [1.807, 2.05) is 0 Å². The van der Waals surface area contributed by atoms with Crippen molar-refractivity contribution < 1.29 is 17.6 Å². The number of rotatable bonds is 1. The van der Waals surface area contributed by atoms with Gasteiger partial charge in [0.15, 0.2) is 23.3 Å². The minimum absolute atomic E-state index is 0.453. The van der Waals surface area contributed by atoms with Crippen molar-refractivity contribution in [2.45, 2.75) is 19.6 Å². The fraction of sp³-hybridized carbons (Fsp3) is 0.333. The Morgan fingerprint density at radius 3 is 1.50 bits per heavy atom. The van der Waals surface area contributed by atoms with E-state index in [0.29, 0.717) is 0 Å². The van der Waals surface area contributed by atoms with E-state index in [9.17, 15) is 17.6 Å². The highest BCUT2D eigenvalue weighted by molar-refractivity contribution is 6.88. The Balaban J connectivity index is 3.56. The Hall–Kier alpha value is -0.843. The van der Waals surface area contributed by atoms with E-state index in [-0.39, 0.29) is 0 Å². The van der Waals surface area contributed by atoms with Gasteiger partial charge in [0.25, 0.3) is 0 Å². The van der Waals surface area contributed by atoms with Crippen LogP contribution in [0.2, 0.25) is 19.6 Å². The third-order valence-electron chi connectivity index (χ3n) is 1.79. The van der Waals surface area contributed by atoms with Crippen molar-refractivity contribution >= 4 is 13.3 Å². The molecule has 0 atom stereocenters. The van der Waals surface area contributed by atoms with Crippen molar-refractivity contribution in [2.75, 3.05) is 0 Å². The quantitative estimate of drug-likeness (QED) is 0.388. The van der Waals surface area contributed by atoms with Gasteiger partial charge in [-0.1, -0.05) is 19.6 Å². The Kier molecular flexibility index (Phi) is 2.71. The van der Waals surface area contributed by atoms with E-state index in [0.717, 1.165) is 0 Å². The molecule has 1 radical (unpaired) electrons. The van der Waals surface area contributed by atoms with Gasteiger partial charge in [-0.05, 0) is 0 Å². The molecule has 14 heavy (non-hydrogen) atoms. The van der Waals surface area contributed by atoms with Gasteiger partial charge in [-0.15, -0.1) is 0 Å². The molecule has 1 rings (SSSR count). The Morgan fingerprint density at radius 1 is 0.857 bits per heavy atom. The molecule has 0 spiro atoms. The summed E-state index contributed by atoms with van der Waals surface area (Å²) >= 11 is 0. The zero-order valence-electron chi connectivity index (χ0n) is 8.01. The summed E-state index contributed by atoms with van der Waals surface area (Å²) in [6.45, 7) is 4.81. The summed E-state index contributed by atoms with van der Waals surface area (Å²) in [5, 5.41) is -0.453. The molecule has 0 N–H and O–H groups in total. The molecule has 1 aromatic rings. The van der Waals surface area contributed by atoms with E-state index in [2.05, 4.69) is 0 Å². The van der Waals surface area contributed by atoms with Crippen LogP contribution in [0.25, 0.3) is 0 Å². The average Bonchev–Trinajstić information content (AvgIpc) is 1.98. The lowest BCUT2D eigenvalue weighted by atomic mass is 10.3. The molecule has 77 valence electrons. The van der Waals surface area contributed by atoms with Gasteiger partial charge in [0.1, 0.15) is 0 Å². The molecule has 0 fully saturated rings. The van der Waals surface area contributed by atoms with Crippen LogP contribution in [0.1, 0.15) is 0 Å². The average molecular weight is 221 g/mol. The van der Waals surface area contributed by atoms with Crippen LogP contribution in [0.3, 0.4) is 0 Å². The second-order valence-corrected chi connectivity index (χ2v) is 9.01. The molecule has 0 unspecified atom stereocenters. The SMILES string of the molecule is C[Si](C)(C)c1c(F)c(F)[c]c(F)c1F. The van der Waals surface area contributed by atoms with Crippen molar-refractivity contribution in [1.29, 1.82) is 0 Å². The highest BCUT2D eigenvalue weighted by atomic mass is 28.3. The van der Waals surface area contributed by atoms with Crippen LogP contribution in [0.15, 0.2) is 0 Å². The summed E-state index contributed by atoms with van der Waals surface area (Å²) < 4.78 is 51.8. The summed E-state index contributed by atoms with van der Waals surface area (Å²) in [5.74, 6) is -5.55. The standard InChI is InChI=1S/C9H9F4Si/c1-14(2,3)9-7(12)5(10)4-6(11)8(9)13/h1-3H3. The first-order valence-corrected chi connectivity index (χ1v) is 7.51. The summed E-state index contributed by atoms with van der Waals surface area (Å²) in [6.07, 6.45) is 0. The van der Waals surface area contributed by atoms with Gasteiger partial charge in [-0.2, -0.15) is 0 Å². The molecule has 0 aliphatic rings. The third kappa shape index (κ3) is 1.82. The summed E-state index contributed by atoms with van der Waals surface area (Å²) in [7, 11) is -2.44. The number of hydrogen-bond acceptors (Lipinski definition) is 0. The second-order valence-electron chi connectivity index (χ2n) is 4.01. The van der Waals surface area contributed by atoms with Crippen LogP contribution in [-0.2, 0) is 0 Å². The monoisotopic (exact) mass is 221 g/mol. The molecule has 1 aromatic carbocycles. The van der Waals surface area contributed by atoms with Crippen LogP contribution in [0.5, 0.6) is 0 Å². The highest BCUT2D eigenvalue weighted by Gasteiger charge is 2.29. The second kappa shape index (κ2) is 3.38. The first-order valence-electron chi connectivity index (χ1n) is 4.01. The zero-order valence-corrected chi connectivity index (χ0v) is 9.01. The Bertz CT molecular complexity index is 342. The van der Waals surface area contributed by atoms with E-state index >= 15 is 0 Å². The minimum atomic E-state index is -2.44. The van der Waals surface area contributed by atoms with Crippen molar-refractivity contribution in [3.8, 4) is 0 Å². The molecular weight excluding hydrogens is 212 g/mol. The summed E-state index contributed by atoms with van der Waals surface area (Å²) in [5.41, 5.74) is 0. The topological polar surface area (TPSA) is 0 Å². The van der Waals surface area contributed by atoms with Gasteiger partial charge >= 0.3 is 0 Å². The maximum Gasteiger partial charge on any atom is 0.169 e. The molecule has 0 aliphatic carbocycles. The van der Waals surface area contributed by atoms with Gasteiger partial charge in [-0.3, -0.25) is 0 Å². The van der Waals surface area contributed by atoms with E-state index in [1.54, 1.807) is 19.6 Å². The van der Waals surface area contributed by atoms with Crippen molar-refractivity contribution in [2.24, 2.45) is 0 Å². The lowest BCUT2D eigenvalue weighted by Crippen LogP contribution is -2.43. The van der Waals surface area contributed by atoms with Crippen LogP contribution >= 0.6 is 0 Å². The van der Waals surface area contributed by atoms with Crippen molar-refractivity contribution in [3.05, 3.63) is 29.3 Å². The maximum atomic E-state index is 13.2. The molecule has 5 heteroatoms. The van der Waals surface area contributed by atoms with Crippen molar-refractivity contribution in [3.63, 3.8) is 0 Å². The van der Waals surface area contributed by atoms with Gasteiger partial charge in [0.05, 0.1) is 14.1 Å². The fourth-order valence-electron chi connectivity index (χ4n) is 1.18. The smallest absolute Gasteiger partial charge is 0.169 e. The summed E-state index contributed by atoms with van der Waals surface area (Å²) in [6, 6.07) is 1.36. The lowest BCUT2D eigenvalue weighted by Gasteiger charge is -2.18. The third-order valence-corrected chi connectivity index (χ3v) is 3.73. The van der Waals surface area contributed by atoms with Crippen LogP contribution in [0.4, 0.5) is 17.6 Å². The number of halogens is 4. The van der Waals surface area contributed by atoms with Crippen LogP contribution in [0, 0.1) is 29.3 Å². The van der Waals surface area contributed by atoms with Gasteiger partial charge in [0.2, 0.25) is 0 Å². The predicted octanol–water partition coefficient (Wildman–Crippen LogP) is 2.59. The Morgan fingerprint density at radius 2 is 1.21 bits per heavy atom. The molecule has 0 aromatic heterocycles. The van der Waals surface area contributed by atoms with E-state index in [4.69, 9.17) is 0 Å². The molecule has 0 nitrogen and oxygen atoms in total. The maximum absolute atomic E-state index is 13.2. The number of hydrogen-bond donors (Lipinski definition) is 0. The first kappa shape index (κ1) is 11.2. The molecule has 0 saturated carbocycles. The molecule has 0 heterocycles. The van der Waals surface area contributed by atoms with Gasteiger partial charge < -0.3 is 0 Å². The molecule has 0 bridgehead atoms. The lowest BCUT2D eigenvalue weighted by molar-refractivity contribution is 0.459.